The Balaban J connectivity index is 0.00000312. The van der Waals surface area contributed by atoms with Gasteiger partial charge in [-0.3, -0.25) is 9.89 Å². The van der Waals surface area contributed by atoms with Crippen molar-refractivity contribution in [3.05, 3.63) is 0 Å². The van der Waals surface area contributed by atoms with Gasteiger partial charge in [0.15, 0.2) is 5.96 Å². The van der Waals surface area contributed by atoms with E-state index in [1.54, 1.807) is 0 Å². The molecule has 0 amide bonds. The van der Waals surface area contributed by atoms with Crippen LogP contribution < -0.4 is 10.6 Å². The van der Waals surface area contributed by atoms with E-state index in [9.17, 15) is 0 Å². The van der Waals surface area contributed by atoms with Gasteiger partial charge in [-0.1, -0.05) is 6.42 Å². The number of guanidine groups is 1. The average Bonchev–Trinajstić information content (AvgIpc) is 2.58. The molecule has 0 radical (unpaired) electrons. The van der Waals surface area contributed by atoms with Crippen molar-refractivity contribution in [2.45, 2.75) is 44.7 Å². The van der Waals surface area contributed by atoms with E-state index in [1.807, 2.05) is 7.05 Å². The normalized spacial score (nSPS) is 27.0. The van der Waals surface area contributed by atoms with Gasteiger partial charge < -0.3 is 20.4 Å². The van der Waals surface area contributed by atoms with E-state index in [0.717, 1.165) is 44.7 Å². The molecule has 0 aliphatic carbocycles. The van der Waals surface area contributed by atoms with Gasteiger partial charge in [0.05, 0.1) is 0 Å². The number of rotatable bonds is 6. The van der Waals surface area contributed by atoms with Crippen molar-refractivity contribution in [3.8, 4) is 0 Å². The van der Waals surface area contributed by atoms with Crippen LogP contribution in [0.15, 0.2) is 4.99 Å². The Labute approximate surface area is 171 Å². The smallest absolute Gasteiger partial charge is 0.191 e. The van der Waals surface area contributed by atoms with Crippen molar-refractivity contribution in [2.75, 3.05) is 67.0 Å². The van der Waals surface area contributed by atoms with Gasteiger partial charge in [-0.25, -0.2) is 0 Å². The zero-order valence-corrected chi connectivity index (χ0v) is 19.0. The molecule has 0 aromatic rings. The van der Waals surface area contributed by atoms with Gasteiger partial charge in [-0.15, -0.1) is 24.0 Å². The highest BCUT2D eigenvalue weighted by Gasteiger charge is 2.22. The van der Waals surface area contributed by atoms with Gasteiger partial charge in [0.1, 0.15) is 0 Å². The summed E-state index contributed by atoms with van der Waals surface area (Å²) in [7, 11) is 6.28. The third-order valence-corrected chi connectivity index (χ3v) is 5.56. The van der Waals surface area contributed by atoms with E-state index in [0.29, 0.717) is 6.04 Å². The SMILES string of the molecule is CN=C(NCCCN1CCCCC1C)NCC1CN(C)CCN1C.I. The second kappa shape index (κ2) is 12.3. The Morgan fingerprint density at radius 3 is 2.64 bits per heavy atom. The van der Waals surface area contributed by atoms with Crippen LogP contribution in [0.25, 0.3) is 0 Å². The molecule has 148 valence electrons. The van der Waals surface area contributed by atoms with E-state index in [1.165, 1.54) is 38.8 Å². The highest BCUT2D eigenvalue weighted by Crippen LogP contribution is 2.16. The minimum atomic E-state index is 0. The Morgan fingerprint density at radius 1 is 1.12 bits per heavy atom. The predicted molar refractivity (Wildman–Crippen MR) is 118 cm³/mol. The molecule has 2 saturated heterocycles. The highest BCUT2D eigenvalue weighted by molar-refractivity contribution is 14.0. The molecule has 2 fully saturated rings. The van der Waals surface area contributed by atoms with Crippen LogP contribution in [-0.2, 0) is 0 Å². The number of likely N-dealkylation sites (tertiary alicyclic amines) is 1. The maximum Gasteiger partial charge on any atom is 0.191 e. The quantitative estimate of drug-likeness (QED) is 0.267. The van der Waals surface area contributed by atoms with E-state index < -0.39 is 0 Å². The van der Waals surface area contributed by atoms with Crippen molar-refractivity contribution in [3.63, 3.8) is 0 Å². The maximum atomic E-state index is 4.36. The summed E-state index contributed by atoms with van der Waals surface area (Å²) >= 11 is 0. The molecule has 2 aliphatic heterocycles. The van der Waals surface area contributed by atoms with Crippen molar-refractivity contribution in [2.24, 2.45) is 4.99 Å². The first kappa shape index (κ1) is 22.9. The van der Waals surface area contributed by atoms with Crippen molar-refractivity contribution in [1.82, 2.24) is 25.3 Å². The fourth-order valence-corrected chi connectivity index (χ4v) is 3.74. The maximum absolute atomic E-state index is 4.36. The summed E-state index contributed by atoms with van der Waals surface area (Å²) in [4.78, 5) is 11.8. The molecule has 2 heterocycles. The van der Waals surface area contributed by atoms with E-state index in [-0.39, 0.29) is 24.0 Å². The summed E-state index contributed by atoms with van der Waals surface area (Å²) in [5.74, 6) is 0.934. The molecule has 0 aromatic heterocycles. The first-order valence-electron chi connectivity index (χ1n) is 9.67. The third kappa shape index (κ3) is 7.97. The molecule has 0 spiro atoms. The Hall–Kier alpha value is -0.120. The van der Waals surface area contributed by atoms with Crippen LogP contribution in [0, 0.1) is 0 Å². The minimum Gasteiger partial charge on any atom is -0.356 e. The molecule has 0 bridgehead atoms. The van der Waals surface area contributed by atoms with Gasteiger partial charge in [-0.05, 0) is 46.8 Å². The topological polar surface area (TPSA) is 46.1 Å². The van der Waals surface area contributed by atoms with Gasteiger partial charge >= 0.3 is 0 Å². The fraction of sp³-hybridized carbons (Fsp3) is 0.944. The van der Waals surface area contributed by atoms with Crippen molar-refractivity contribution in [1.29, 1.82) is 0 Å². The third-order valence-electron chi connectivity index (χ3n) is 5.56. The molecular weight excluding hydrogens is 427 g/mol. The first-order valence-corrected chi connectivity index (χ1v) is 9.67. The Kier molecular flexibility index (Phi) is 11.3. The van der Waals surface area contributed by atoms with Crippen molar-refractivity contribution < 1.29 is 0 Å². The molecule has 25 heavy (non-hydrogen) atoms. The number of likely N-dealkylation sites (N-methyl/N-ethyl adjacent to an activating group) is 2. The summed E-state index contributed by atoms with van der Waals surface area (Å²) in [6.45, 7) is 10.2. The van der Waals surface area contributed by atoms with E-state index in [2.05, 4.69) is 51.3 Å². The average molecular weight is 466 g/mol. The van der Waals surface area contributed by atoms with Gasteiger partial charge in [0, 0.05) is 58.4 Å². The summed E-state index contributed by atoms with van der Waals surface area (Å²) in [6, 6.07) is 1.31. The number of nitrogens with one attached hydrogen (secondary N) is 2. The van der Waals surface area contributed by atoms with Crippen LogP contribution in [-0.4, -0.2) is 99.7 Å². The highest BCUT2D eigenvalue weighted by atomic mass is 127. The van der Waals surface area contributed by atoms with Crippen LogP contribution in [0.3, 0.4) is 0 Å². The number of aliphatic imine (C=N–C) groups is 1. The van der Waals surface area contributed by atoms with Crippen LogP contribution in [0.5, 0.6) is 0 Å². The number of hydrogen-bond acceptors (Lipinski definition) is 4. The monoisotopic (exact) mass is 466 g/mol. The lowest BCUT2D eigenvalue weighted by molar-refractivity contribution is 0.116. The zero-order valence-electron chi connectivity index (χ0n) is 16.6. The lowest BCUT2D eigenvalue weighted by Gasteiger charge is -2.38. The second-order valence-electron chi connectivity index (χ2n) is 7.51. The zero-order chi connectivity index (χ0) is 17.4. The van der Waals surface area contributed by atoms with Crippen LogP contribution in [0.2, 0.25) is 0 Å². The molecule has 2 rings (SSSR count). The fourth-order valence-electron chi connectivity index (χ4n) is 3.74. The van der Waals surface area contributed by atoms with Gasteiger partial charge in [-0.2, -0.15) is 0 Å². The second-order valence-corrected chi connectivity index (χ2v) is 7.51. The molecule has 7 heteroatoms. The lowest BCUT2D eigenvalue weighted by Crippen LogP contribution is -2.55. The summed E-state index contributed by atoms with van der Waals surface area (Å²) < 4.78 is 0. The number of nitrogens with zero attached hydrogens (tertiary/aromatic N) is 4. The lowest BCUT2D eigenvalue weighted by atomic mass is 10.0. The van der Waals surface area contributed by atoms with Crippen LogP contribution in [0.4, 0.5) is 0 Å². The first-order chi connectivity index (χ1) is 11.6. The summed E-state index contributed by atoms with van der Waals surface area (Å²) in [6.07, 6.45) is 5.30. The number of piperidine rings is 1. The summed E-state index contributed by atoms with van der Waals surface area (Å²) in [5.41, 5.74) is 0. The number of hydrogen-bond donors (Lipinski definition) is 2. The molecular formula is C18H39IN6. The summed E-state index contributed by atoms with van der Waals surface area (Å²) in [5, 5.41) is 6.96. The molecule has 2 N–H and O–H groups in total. The molecule has 6 nitrogen and oxygen atoms in total. The number of halogens is 1. The minimum absolute atomic E-state index is 0. The van der Waals surface area contributed by atoms with E-state index >= 15 is 0 Å². The molecule has 2 unspecified atom stereocenters. The molecule has 2 aliphatic rings. The number of piperazine rings is 1. The molecule has 0 saturated carbocycles. The van der Waals surface area contributed by atoms with Crippen LogP contribution >= 0.6 is 24.0 Å². The molecule has 0 aromatic carbocycles. The van der Waals surface area contributed by atoms with E-state index in [4.69, 9.17) is 0 Å². The molecule has 2 atom stereocenters. The van der Waals surface area contributed by atoms with Gasteiger partial charge in [0.2, 0.25) is 0 Å². The Morgan fingerprint density at radius 2 is 1.92 bits per heavy atom. The standard InChI is InChI=1S/C18H38N6.HI/c1-16-8-5-6-10-24(16)11-7-9-20-18(19-2)21-14-17-15-22(3)12-13-23(17)4;/h16-17H,5-15H2,1-4H3,(H2,19,20,21);1H. The predicted octanol–water partition coefficient (Wildman–Crippen LogP) is 1.28. The Bertz CT molecular complexity index is 392. The van der Waals surface area contributed by atoms with Crippen molar-refractivity contribution >= 4 is 29.9 Å². The van der Waals surface area contributed by atoms with Crippen LogP contribution in [0.1, 0.15) is 32.6 Å². The van der Waals surface area contributed by atoms with Gasteiger partial charge in [0.25, 0.3) is 0 Å². The largest absolute Gasteiger partial charge is 0.356 e.